The highest BCUT2D eigenvalue weighted by Crippen LogP contribution is 2.15. The van der Waals surface area contributed by atoms with Crippen LogP contribution in [0, 0.1) is 5.82 Å². The molecule has 0 spiro atoms. The molecule has 0 unspecified atom stereocenters. The Hall–Kier alpha value is -2.15. The first-order valence-corrected chi connectivity index (χ1v) is 6.07. The number of hydrogen-bond acceptors (Lipinski definition) is 4. The molecule has 1 saturated heterocycles. The average molecular weight is 301 g/mol. The quantitative estimate of drug-likeness (QED) is 0.851. The van der Waals surface area contributed by atoms with E-state index in [0.717, 1.165) is 17.0 Å². The minimum absolute atomic E-state index is 0.142. The lowest BCUT2D eigenvalue weighted by atomic mass is 10.2. The third-order valence-corrected chi connectivity index (χ3v) is 2.87. The maximum atomic E-state index is 13.4. The molecule has 0 bridgehead atoms. The zero-order valence-corrected chi connectivity index (χ0v) is 10.9. The largest absolute Gasteiger partial charge is 0.452 e. The molecule has 2 rings (SSSR count). The van der Waals surface area contributed by atoms with Crippen LogP contribution < -0.4 is 5.32 Å². The number of halogens is 2. The van der Waals surface area contributed by atoms with Crippen molar-refractivity contribution in [2.24, 2.45) is 0 Å². The van der Waals surface area contributed by atoms with Crippen molar-refractivity contribution in [3.63, 3.8) is 0 Å². The minimum atomic E-state index is -0.993. The van der Waals surface area contributed by atoms with E-state index in [4.69, 9.17) is 11.6 Å². The predicted molar refractivity (Wildman–Crippen MR) is 66.8 cm³/mol. The molecule has 0 aromatic heterocycles. The van der Waals surface area contributed by atoms with Gasteiger partial charge in [-0.05, 0) is 18.2 Å². The fraction of sp³-hybridized carbons (Fsp3) is 0.250. The molecule has 1 aromatic carbocycles. The topological polar surface area (TPSA) is 75.7 Å². The van der Waals surface area contributed by atoms with Gasteiger partial charge in [0.05, 0.1) is 5.56 Å². The molecule has 1 aromatic rings. The van der Waals surface area contributed by atoms with Gasteiger partial charge in [-0.1, -0.05) is 11.6 Å². The summed E-state index contributed by atoms with van der Waals surface area (Å²) in [6, 6.07) is 2.92. The van der Waals surface area contributed by atoms with Gasteiger partial charge in [0.1, 0.15) is 5.82 Å². The number of hydrogen-bond donors (Lipinski definition) is 1. The van der Waals surface area contributed by atoms with Crippen molar-refractivity contribution >= 4 is 29.5 Å². The summed E-state index contributed by atoms with van der Waals surface area (Å²) >= 11 is 5.55. The lowest BCUT2D eigenvalue weighted by Crippen LogP contribution is -2.37. The highest BCUT2D eigenvalue weighted by atomic mass is 35.5. The summed E-state index contributed by atoms with van der Waals surface area (Å²) in [5.74, 6) is -2.50. The summed E-state index contributed by atoms with van der Waals surface area (Å²) in [5.41, 5.74) is -0.326. The lowest BCUT2D eigenvalue weighted by Gasteiger charge is -2.12. The third-order valence-electron chi connectivity index (χ3n) is 2.64. The van der Waals surface area contributed by atoms with Crippen LogP contribution in [0.1, 0.15) is 10.4 Å². The van der Waals surface area contributed by atoms with E-state index in [1.165, 1.54) is 6.07 Å². The number of imide groups is 1. The van der Waals surface area contributed by atoms with Crippen molar-refractivity contribution in [3.8, 4) is 0 Å². The number of esters is 1. The second kappa shape index (κ2) is 5.87. The van der Waals surface area contributed by atoms with Gasteiger partial charge >= 0.3 is 12.0 Å². The molecule has 3 amide bonds. The second-order valence-corrected chi connectivity index (χ2v) is 4.41. The number of nitrogens with zero attached hydrogens (tertiary/aromatic N) is 1. The molecule has 20 heavy (non-hydrogen) atoms. The number of rotatable bonds is 3. The number of benzene rings is 1. The van der Waals surface area contributed by atoms with Crippen molar-refractivity contribution in [2.45, 2.75) is 0 Å². The molecule has 0 atom stereocenters. The summed E-state index contributed by atoms with van der Waals surface area (Å²) in [4.78, 5) is 35.3. The second-order valence-electron chi connectivity index (χ2n) is 3.98. The molecule has 0 saturated carbocycles. The molecular formula is C12H10ClFN2O4. The normalized spacial score (nSPS) is 14.1. The summed E-state index contributed by atoms with van der Waals surface area (Å²) < 4.78 is 18.1. The summed E-state index contributed by atoms with van der Waals surface area (Å²) in [6.45, 7) is -0.0663. The van der Waals surface area contributed by atoms with E-state index in [0.29, 0.717) is 6.54 Å². The highest BCUT2D eigenvalue weighted by Gasteiger charge is 2.27. The first kappa shape index (κ1) is 14.3. The van der Waals surface area contributed by atoms with Crippen molar-refractivity contribution in [2.75, 3.05) is 19.7 Å². The van der Waals surface area contributed by atoms with E-state index in [-0.39, 0.29) is 17.1 Å². The monoisotopic (exact) mass is 300 g/mol. The van der Waals surface area contributed by atoms with E-state index in [1.54, 1.807) is 0 Å². The van der Waals surface area contributed by atoms with E-state index in [2.05, 4.69) is 10.1 Å². The zero-order valence-electron chi connectivity index (χ0n) is 10.2. The van der Waals surface area contributed by atoms with Gasteiger partial charge in [-0.2, -0.15) is 0 Å². The number of carbonyl (C=O) groups excluding carboxylic acids is 3. The fourth-order valence-corrected chi connectivity index (χ4v) is 1.81. The molecule has 8 heteroatoms. The molecule has 6 nitrogen and oxygen atoms in total. The van der Waals surface area contributed by atoms with Crippen molar-refractivity contribution in [1.82, 2.24) is 10.2 Å². The average Bonchev–Trinajstić information content (AvgIpc) is 2.82. The Kier molecular flexibility index (Phi) is 4.19. The standard InChI is InChI=1S/C12H10ClFN2O4/c13-7-1-2-8(9(14)5-7)11(18)20-6-10(17)16-4-3-15-12(16)19/h1-2,5H,3-4,6H2,(H,15,19). The van der Waals surface area contributed by atoms with Crippen molar-refractivity contribution in [3.05, 3.63) is 34.6 Å². The first-order valence-electron chi connectivity index (χ1n) is 5.69. The van der Waals surface area contributed by atoms with Crippen LogP contribution in [0.4, 0.5) is 9.18 Å². The Morgan fingerprint density at radius 3 is 2.80 bits per heavy atom. The maximum Gasteiger partial charge on any atom is 0.341 e. The first-order chi connectivity index (χ1) is 9.49. The van der Waals surface area contributed by atoms with E-state index in [1.807, 2.05) is 0 Å². The molecule has 1 aliphatic rings. The number of ether oxygens (including phenoxy) is 1. The van der Waals surface area contributed by atoms with E-state index < -0.39 is 30.3 Å². The van der Waals surface area contributed by atoms with Gasteiger partial charge in [0.25, 0.3) is 5.91 Å². The summed E-state index contributed by atoms with van der Waals surface area (Å²) in [5, 5.41) is 2.58. The van der Waals surface area contributed by atoms with Crippen LogP contribution in [0.3, 0.4) is 0 Å². The van der Waals surface area contributed by atoms with Gasteiger partial charge in [0.15, 0.2) is 6.61 Å². The van der Waals surface area contributed by atoms with Gasteiger partial charge in [-0.15, -0.1) is 0 Å². The SMILES string of the molecule is O=C(OCC(=O)N1CCNC1=O)c1ccc(Cl)cc1F. The minimum Gasteiger partial charge on any atom is -0.452 e. The van der Waals surface area contributed by atoms with Gasteiger partial charge in [0.2, 0.25) is 0 Å². The number of amides is 3. The van der Waals surface area contributed by atoms with Gasteiger partial charge in [-0.25, -0.2) is 14.0 Å². The Balaban J connectivity index is 1.95. The van der Waals surface area contributed by atoms with Crippen LogP contribution in [0.5, 0.6) is 0 Å². The van der Waals surface area contributed by atoms with Gasteiger partial charge in [0, 0.05) is 18.1 Å². The molecule has 0 radical (unpaired) electrons. The molecule has 1 fully saturated rings. The van der Waals surface area contributed by atoms with E-state index in [9.17, 15) is 18.8 Å². The van der Waals surface area contributed by atoms with Crippen LogP contribution in [0.25, 0.3) is 0 Å². The Bertz CT molecular complexity index is 579. The van der Waals surface area contributed by atoms with Gasteiger partial charge in [-0.3, -0.25) is 9.69 Å². The molecule has 1 aliphatic heterocycles. The predicted octanol–water partition coefficient (Wildman–Crippen LogP) is 1.19. The molecule has 106 valence electrons. The third kappa shape index (κ3) is 3.05. The fourth-order valence-electron chi connectivity index (χ4n) is 1.65. The Morgan fingerprint density at radius 1 is 1.45 bits per heavy atom. The maximum absolute atomic E-state index is 13.4. The van der Waals surface area contributed by atoms with Crippen LogP contribution in [-0.4, -0.2) is 42.5 Å². The summed E-state index contributed by atoms with van der Waals surface area (Å²) in [7, 11) is 0. The number of urea groups is 1. The van der Waals surface area contributed by atoms with Crippen LogP contribution in [-0.2, 0) is 9.53 Å². The lowest BCUT2D eigenvalue weighted by molar-refractivity contribution is -0.130. The van der Waals surface area contributed by atoms with Crippen LogP contribution in [0.2, 0.25) is 5.02 Å². The smallest absolute Gasteiger partial charge is 0.341 e. The van der Waals surface area contributed by atoms with Crippen LogP contribution in [0.15, 0.2) is 18.2 Å². The van der Waals surface area contributed by atoms with Crippen molar-refractivity contribution < 1.29 is 23.5 Å². The zero-order chi connectivity index (χ0) is 14.7. The van der Waals surface area contributed by atoms with Gasteiger partial charge < -0.3 is 10.1 Å². The Morgan fingerprint density at radius 2 is 2.20 bits per heavy atom. The van der Waals surface area contributed by atoms with E-state index >= 15 is 0 Å². The summed E-state index contributed by atoms with van der Waals surface area (Å²) in [6.07, 6.45) is 0. The molecule has 1 N–H and O–H groups in total. The Labute approximate surface area is 118 Å². The van der Waals surface area contributed by atoms with Crippen molar-refractivity contribution in [1.29, 1.82) is 0 Å². The molecular weight excluding hydrogens is 291 g/mol. The highest BCUT2D eigenvalue weighted by molar-refractivity contribution is 6.30. The number of nitrogens with one attached hydrogen (secondary N) is 1. The molecule has 1 heterocycles. The van der Waals surface area contributed by atoms with Crippen LogP contribution >= 0.6 is 11.6 Å². The number of carbonyl (C=O) groups is 3. The molecule has 0 aliphatic carbocycles.